The van der Waals surface area contributed by atoms with Gasteiger partial charge < -0.3 is 4.74 Å². The van der Waals surface area contributed by atoms with Crippen LogP contribution in [0.5, 0.6) is 0 Å². The smallest absolute Gasteiger partial charge is 0.411 e. The first-order valence-electron chi connectivity index (χ1n) is 6.78. The minimum Gasteiger partial charge on any atom is -0.446 e. The Morgan fingerprint density at radius 2 is 1.89 bits per heavy atom. The van der Waals surface area contributed by atoms with Crippen molar-refractivity contribution in [3.8, 4) is 0 Å². The highest BCUT2D eigenvalue weighted by molar-refractivity contribution is 5.84. The number of anilines is 1. The molecule has 0 heterocycles. The fraction of sp³-hybridized carbons (Fsp3) is 0.533. The highest BCUT2D eigenvalue weighted by atomic mass is 16.6. The van der Waals surface area contributed by atoms with E-state index in [1.807, 2.05) is 37.3 Å². The van der Waals surface area contributed by atoms with Gasteiger partial charge in [0, 0.05) is 5.69 Å². The lowest BCUT2D eigenvalue weighted by Gasteiger charge is -2.27. The van der Waals surface area contributed by atoms with Gasteiger partial charge in [0.2, 0.25) is 0 Å². The number of rotatable bonds is 3. The van der Waals surface area contributed by atoms with Gasteiger partial charge in [0.25, 0.3) is 0 Å². The van der Waals surface area contributed by atoms with Crippen molar-refractivity contribution < 1.29 is 9.53 Å². The highest BCUT2D eigenvalue weighted by Gasteiger charge is 2.22. The first kappa shape index (κ1) is 12.9. The Hall–Kier alpha value is -1.51. The average Bonchev–Trinajstić information content (AvgIpc) is 2.40. The van der Waals surface area contributed by atoms with E-state index in [-0.39, 0.29) is 12.2 Å². The van der Waals surface area contributed by atoms with E-state index in [9.17, 15) is 4.79 Å². The molecule has 1 aromatic rings. The summed E-state index contributed by atoms with van der Waals surface area (Å²) in [7, 11) is 0. The Kier molecular flexibility index (Phi) is 4.62. The number of ether oxygens (including phenoxy) is 1. The van der Waals surface area contributed by atoms with Crippen LogP contribution in [0.1, 0.15) is 39.0 Å². The van der Waals surface area contributed by atoms with Crippen molar-refractivity contribution in [3.05, 3.63) is 30.3 Å². The van der Waals surface area contributed by atoms with Crippen LogP contribution in [0, 0.1) is 5.92 Å². The number of nitrogens with one attached hydrogen (secondary N) is 1. The molecule has 0 bridgehead atoms. The molecule has 1 aliphatic carbocycles. The number of carbonyl (C=O) groups excluding carboxylic acids is 1. The molecule has 1 aliphatic rings. The van der Waals surface area contributed by atoms with E-state index >= 15 is 0 Å². The van der Waals surface area contributed by atoms with Crippen LogP contribution in [-0.4, -0.2) is 12.2 Å². The van der Waals surface area contributed by atoms with Crippen LogP contribution in [0.3, 0.4) is 0 Å². The minimum atomic E-state index is -0.348. The van der Waals surface area contributed by atoms with Crippen LogP contribution < -0.4 is 5.32 Å². The summed E-state index contributed by atoms with van der Waals surface area (Å²) in [5, 5.41) is 2.75. The maximum atomic E-state index is 11.7. The van der Waals surface area contributed by atoms with E-state index in [1.54, 1.807) is 0 Å². The Morgan fingerprint density at radius 3 is 2.56 bits per heavy atom. The summed E-state index contributed by atoms with van der Waals surface area (Å²) in [6.45, 7) is 2.00. The zero-order valence-electron chi connectivity index (χ0n) is 10.9. The van der Waals surface area contributed by atoms with E-state index < -0.39 is 0 Å². The number of hydrogen-bond donors (Lipinski definition) is 1. The third-order valence-electron chi connectivity index (χ3n) is 3.63. The Labute approximate surface area is 109 Å². The van der Waals surface area contributed by atoms with Crippen molar-refractivity contribution in [2.45, 2.75) is 45.1 Å². The predicted molar refractivity (Wildman–Crippen MR) is 72.6 cm³/mol. The average molecular weight is 247 g/mol. The third-order valence-corrected chi connectivity index (χ3v) is 3.63. The summed E-state index contributed by atoms with van der Waals surface area (Å²) in [5.41, 5.74) is 0.776. The molecule has 0 aromatic heterocycles. The topological polar surface area (TPSA) is 38.3 Å². The lowest BCUT2D eigenvalue weighted by atomic mass is 9.86. The van der Waals surface area contributed by atoms with Crippen molar-refractivity contribution in [2.24, 2.45) is 5.92 Å². The molecular weight excluding hydrogens is 226 g/mol. The normalized spacial score (nSPS) is 18.1. The third kappa shape index (κ3) is 3.76. The summed E-state index contributed by atoms with van der Waals surface area (Å²) in [6.07, 6.45) is 5.87. The second kappa shape index (κ2) is 6.43. The van der Waals surface area contributed by atoms with Crippen LogP contribution in [0.25, 0.3) is 0 Å². The predicted octanol–water partition coefficient (Wildman–Crippen LogP) is 4.20. The first-order chi connectivity index (χ1) is 8.75. The number of carbonyl (C=O) groups is 1. The summed E-state index contributed by atoms with van der Waals surface area (Å²) in [4.78, 5) is 11.7. The highest BCUT2D eigenvalue weighted by Crippen LogP contribution is 2.27. The van der Waals surface area contributed by atoms with Crippen molar-refractivity contribution in [1.82, 2.24) is 0 Å². The van der Waals surface area contributed by atoms with Crippen LogP contribution in [0.15, 0.2) is 30.3 Å². The van der Waals surface area contributed by atoms with E-state index in [4.69, 9.17) is 4.74 Å². The minimum absolute atomic E-state index is 0.00834. The Balaban J connectivity index is 1.79. The quantitative estimate of drug-likeness (QED) is 0.869. The standard InChI is InChI=1S/C15H21NO2/c1-12(13-8-4-2-5-9-13)18-15(17)16-14-10-6-3-7-11-14/h3,6-7,10-13H,2,4-5,8-9H2,1H3,(H,16,17). The summed E-state index contributed by atoms with van der Waals surface area (Å²) >= 11 is 0. The largest absolute Gasteiger partial charge is 0.446 e. The monoisotopic (exact) mass is 247 g/mol. The lowest BCUT2D eigenvalue weighted by Crippen LogP contribution is -2.28. The molecule has 0 spiro atoms. The van der Waals surface area contributed by atoms with Gasteiger partial charge in [-0.3, -0.25) is 5.32 Å². The number of amides is 1. The number of hydrogen-bond acceptors (Lipinski definition) is 2. The summed E-state index contributed by atoms with van der Waals surface area (Å²) in [5.74, 6) is 0.528. The zero-order chi connectivity index (χ0) is 12.8. The van der Waals surface area contributed by atoms with Gasteiger partial charge in [-0.05, 0) is 37.8 Å². The lowest BCUT2D eigenvalue weighted by molar-refractivity contribution is 0.0691. The molecule has 0 saturated heterocycles. The zero-order valence-corrected chi connectivity index (χ0v) is 10.9. The van der Waals surface area contributed by atoms with Crippen molar-refractivity contribution in [2.75, 3.05) is 5.32 Å². The van der Waals surface area contributed by atoms with Crippen LogP contribution in [-0.2, 0) is 4.74 Å². The molecule has 18 heavy (non-hydrogen) atoms. The van der Waals surface area contributed by atoms with Gasteiger partial charge in [-0.2, -0.15) is 0 Å². The van der Waals surface area contributed by atoms with Crippen LogP contribution in [0.2, 0.25) is 0 Å². The number of benzene rings is 1. The summed E-state index contributed by atoms with van der Waals surface area (Å²) in [6, 6.07) is 9.40. The van der Waals surface area contributed by atoms with Gasteiger partial charge >= 0.3 is 6.09 Å². The Morgan fingerprint density at radius 1 is 1.22 bits per heavy atom. The number of para-hydroxylation sites is 1. The van der Waals surface area contributed by atoms with Gasteiger partial charge in [-0.15, -0.1) is 0 Å². The molecule has 1 amide bonds. The van der Waals surface area contributed by atoms with E-state index in [2.05, 4.69) is 5.32 Å². The molecule has 98 valence electrons. The van der Waals surface area contributed by atoms with Crippen LogP contribution in [0.4, 0.5) is 10.5 Å². The molecule has 1 N–H and O–H groups in total. The van der Waals surface area contributed by atoms with Gasteiger partial charge in [-0.1, -0.05) is 37.5 Å². The van der Waals surface area contributed by atoms with Gasteiger partial charge in [0.05, 0.1) is 0 Å². The first-order valence-corrected chi connectivity index (χ1v) is 6.78. The maximum absolute atomic E-state index is 11.7. The molecule has 0 aliphatic heterocycles. The van der Waals surface area contributed by atoms with E-state index in [1.165, 1.54) is 32.1 Å². The fourth-order valence-electron chi connectivity index (χ4n) is 2.54. The molecular formula is C15H21NO2. The summed E-state index contributed by atoms with van der Waals surface area (Å²) < 4.78 is 5.44. The van der Waals surface area contributed by atoms with Crippen molar-refractivity contribution in [3.63, 3.8) is 0 Å². The molecule has 1 atom stereocenters. The Bertz CT molecular complexity index is 371. The molecule has 1 fully saturated rings. The van der Waals surface area contributed by atoms with Gasteiger partial charge in [0.1, 0.15) is 6.10 Å². The second-order valence-corrected chi connectivity index (χ2v) is 5.00. The molecule has 2 rings (SSSR count). The molecule has 1 saturated carbocycles. The molecule has 3 nitrogen and oxygen atoms in total. The van der Waals surface area contributed by atoms with Crippen molar-refractivity contribution in [1.29, 1.82) is 0 Å². The molecule has 1 unspecified atom stereocenters. The van der Waals surface area contributed by atoms with Crippen molar-refractivity contribution >= 4 is 11.8 Å². The maximum Gasteiger partial charge on any atom is 0.411 e. The molecule has 3 heteroatoms. The fourth-order valence-corrected chi connectivity index (χ4v) is 2.54. The van der Waals surface area contributed by atoms with E-state index in [0.717, 1.165) is 5.69 Å². The van der Waals surface area contributed by atoms with E-state index in [0.29, 0.717) is 5.92 Å². The molecule has 1 aromatic carbocycles. The van der Waals surface area contributed by atoms with Crippen LogP contribution >= 0.6 is 0 Å². The SMILES string of the molecule is CC(OC(=O)Nc1ccccc1)C1CCCCC1. The van der Waals surface area contributed by atoms with Gasteiger partial charge in [0.15, 0.2) is 0 Å². The second-order valence-electron chi connectivity index (χ2n) is 5.00. The molecule has 0 radical (unpaired) electrons. The van der Waals surface area contributed by atoms with Gasteiger partial charge in [-0.25, -0.2) is 4.79 Å².